The number of ether oxygens (including phenoxy) is 1. The van der Waals surface area contributed by atoms with Crippen molar-refractivity contribution in [2.24, 2.45) is 7.05 Å². The molecular formula is C22H25N9O4. The molecule has 6 heterocycles. The van der Waals surface area contributed by atoms with Crippen molar-refractivity contribution in [3.8, 4) is 11.3 Å². The second kappa shape index (κ2) is 8.15. The Morgan fingerprint density at radius 3 is 2.89 bits per heavy atom. The number of carbonyl (C=O) groups excluding carboxylic acids is 1. The van der Waals surface area contributed by atoms with Crippen LogP contribution in [-0.2, 0) is 29.5 Å². The molecule has 0 aliphatic carbocycles. The number of imidazole rings is 1. The molecule has 5 N–H and O–H groups in total. The van der Waals surface area contributed by atoms with Crippen molar-refractivity contribution in [2.75, 3.05) is 5.73 Å². The van der Waals surface area contributed by atoms with Gasteiger partial charge in [-0.05, 0) is 12.5 Å². The molecule has 1 saturated heterocycles. The highest BCUT2D eigenvalue weighted by Gasteiger charge is 2.48. The average molecular weight is 480 g/mol. The Bertz CT molecular complexity index is 1410. The van der Waals surface area contributed by atoms with Gasteiger partial charge in [0, 0.05) is 56.4 Å². The topological polar surface area (TPSA) is 171 Å². The van der Waals surface area contributed by atoms with E-state index in [4.69, 9.17) is 10.5 Å². The number of nitrogens with two attached hydrogens (primary N) is 1. The number of rotatable bonds is 4. The first-order chi connectivity index (χ1) is 16.9. The highest BCUT2D eigenvalue weighted by molar-refractivity contribution is 5.99. The van der Waals surface area contributed by atoms with Crippen LogP contribution < -0.4 is 11.1 Å². The van der Waals surface area contributed by atoms with E-state index in [1.54, 1.807) is 34.9 Å². The lowest BCUT2D eigenvalue weighted by Crippen LogP contribution is -2.48. The SMILES string of the molecule is Cn1ccc(-c2cn([C@@H]3O[C@H](C(=O)NC4CCn5ccnc5C4)[C@@H](O)[C@H]3O)c3ncnc(N)c23)n1. The molecule has 5 atom stereocenters. The lowest BCUT2D eigenvalue weighted by molar-refractivity contribution is -0.138. The number of aromatic nitrogens is 7. The lowest BCUT2D eigenvalue weighted by atomic mass is 10.0. The fourth-order valence-electron chi connectivity index (χ4n) is 4.92. The zero-order valence-corrected chi connectivity index (χ0v) is 18.9. The van der Waals surface area contributed by atoms with Crippen molar-refractivity contribution in [1.29, 1.82) is 0 Å². The number of nitrogens with one attached hydrogen (secondary N) is 1. The molecule has 13 nitrogen and oxygen atoms in total. The molecule has 6 rings (SSSR count). The Morgan fingerprint density at radius 2 is 2.09 bits per heavy atom. The van der Waals surface area contributed by atoms with Gasteiger partial charge in [0.2, 0.25) is 0 Å². The number of hydrogen-bond acceptors (Lipinski definition) is 9. The number of aliphatic hydroxyl groups is 2. The Morgan fingerprint density at radius 1 is 1.23 bits per heavy atom. The van der Waals surface area contributed by atoms with Crippen LogP contribution in [0.5, 0.6) is 0 Å². The molecule has 182 valence electrons. The number of anilines is 1. The van der Waals surface area contributed by atoms with Crippen molar-refractivity contribution in [2.45, 2.75) is 50.0 Å². The molecule has 0 aromatic carbocycles. The van der Waals surface area contributed by atoms with E-state index in [-0.39, 0.29) is 11.9 Å². The van der Waals surface area contributed by atoms with Crippen LogP contribution in [0.4, 0.5) is 5.82 Å². The van der Waals surface area contributed by atoms with E-state index >= 15 is 0 Å². The smallest absolute Gasteiger partial charge is 0.252 e. The van der Waals surface area contributed by atoms with Crippen LogP contribution in [0.1, 0.15) is 18.5 Å². The van der Waals surface area contributed by atoms with E-state index in [2.05, 4.69) is 25.4 Å². The largest absolute Gasteiger partial charge is 0.387 e. The quantitative estimate of drug-likeness (QED) is 0.297. The molecule has 0 radical (unpaired) electrons. The van der Waals surface area contributed by atoms with Gasteiger partial charge < -0.3 is 35.1 Å². The second-order valence-corrected chi connectivity index (χ2v) is 8.95. The summed E-state index contributed by atoms with van der Waals surface area (Å²) in [6.45, 7) is 0.742. The molecule has 0 bridgehead atoms. The molecular weight excluding hydrogens is 454 g/mol. The maximum absolute atomic E-state index is 13.0. The van der Waals surface area contributed by atoms with Gasteiger partial charge in [-0.15, -0.1) is 0 Å². The van der Waals surface area contributed by atoms with E-state index in [0.717, 1.165) is 18.8 Å². The number of aryl methyl sites for hydroxylation is 2. The monoisotopic (exact) mass is 479 g/mol. The summed E-state index contributed by atoms with van der Waals surface area (Å²) < 4.78 is 11.2. The van der Waals surface area contributed by atoms with Crippen molar-refractivity contribution in [3.05, 3.63) is 43.0 Å². The normalized spacial score (nSPS) is 26.2. The number of fused-ring (bicyclic) bond motifs is 2. The van der Waals surface area contributed by atoms with Gasteiger partial charge in [-0.1, -0.05) is 0 Å². The Balaban J connectivity index is 1.28. The van der Waals surface area contributed by atoms with Crippen molar-refractivity contribution in [1.82, 2.24) is 39.2 Å². The van der Waals surface area contributed by atoms with Crippen molar-refractivity contribution in [3.63, 3.8) is 0 Å². The Labute approximate surface area is 199 Å². The van der Waals surface area contributed by atoms with Crippen LogP contribution in [0.3, 0.4) is 0 Å². The van der Waals surface area contributed by atoms with Gasteiger partial charge in [-0.25, -0.2) is 15.0 Å². The number of nitrogen functional groups attached to an aromatic ring is 1. The fraction of sp³-hybridized carbons (Fsp3) is 0.409. The summed E-state index contributed by atoms with van der Waals surface area (Å²) in [7, 11) is 1.80. The third-order valence-corrected chi connectivity index (χ3v) is 6.69. The maximum atomic E-state index is 13.0. The average Bonchev–Trinajstić information content (AvgIpc) is 3.61. The van der Waals surface area contributed by atoms with E-state index < -0.39 is 30.4 Å². The van der Waals surface area contributed by atoms with Gasteiger partial charge in [0.15, 0.2) is 12.3 Å². The molecule has 1 unspecified atom stereocenters. The van der Waals surface area contributed by atoms with E-state index in [1.807, 2.05) is 16.8 Å². The number of nitrogens with zero attached hydrogens (tertiary/aromatic N) is 7. The van der Waals surface area contributed by atoms with Gasteiger partial charge in [0.25, 0.3) is 5.91 Å². The minimum atomic E-state index is -1.43. The van der Waals surface area contributed by atoms with Crippen molar-refractivity contribution >= 4 is 22.8 Å². The molecule has 2 aliphatic rings. The van der Waals surface area contributed by atoms with Gasteiger partial charge in [-0.3, -0.25) is 9.48 Å². The van der Waals surface area contributed by atoms with E-state index in [0.29, 0.717) is 28.7 Å². The predicted molar refractivity (Wildman–Crippen MR) is 123 cm³/mol. The van der Waals surface area contributed by atoms with Crippen LogP contribution in [0.25, 0.3) is 22.3 Å². The van der Waals surface area contributed by atoms with Crippen LogP contribution >= 0.6 is 0 Å². The molecule has 0 spiro atoms. The van der Waals surface area contributed by atoms with Gasteiger partial charge >= 0.3 is 0 Å². The summed E-state index contributed by atoms with van der Waals surface area (Å²) in [6, 6.07) is 1.68. The highest BCUT2D eigenvalue weighted by atomic mass is 16.6. The van der Waals surface area contributed by atoms with E-state index in [9.17, 15) is 15.0 Å². The van der Waals surface area contributed by atoms with Crippen LogP contribution in [0, 0.1) is 0 Å². The zero-order valence-electron chi connectivity index (χ0n) is 18.9. The third kappa shape index (κ3) is 3.55. The third-order valence-electron chi connectivity index (χ3n) is 6.69. The van der Waals surface area contributed by atoms with Crippen molar-refractivity contribution < 1.29 is 19.7 Å². The first-order valence-corrected chi connectivity index (χ1v) is 11.3. The van der Waals surface area contributed by atoms with Gasteiger partial charge in [-0.2, -0.15) is 5.10 Å². The van der Waals surface area contributed by atoms with Crippen LogP contribution in [0.2, 0.25) is 0 Å². The second-order valence-electron chi connectivity index (χ2n) is 8.95. The molecule has 4 aromatic heterocycles. The first kappa shape index (κ1) is 21.7. The maximum Gasteiger partial charge on any atom is 0.252 e. The zero-order chi connectivity index (χ0) is 24.3. The molecule has 4 aromatic rings. The molecule has 0 saturated carbocycles. The molecule has 1 fully saturated rings. The summed E-state index contributed by atoms with van der Waals surface area (Å²) in [5.74, 6) is 0.650. The van der Waals surface area contributed by atoms with E-state index in [1.165, 1.54) is 6.33 Å². The number of hydrogen-bond donors (Lipinski definition) is 4. The number of aliphatic hydroxyl groups excluding tert-OH is 2. The minimum absolute atomic E-state index is 0.139. The summed E-state index contributed by atoms with van der Waals surface area (Å²) in [5.41, 5.74) is 7.84. The predicted octanol–water partition coefficient (Wildman–Crippen LogP) is -0.639. The minimum Gasteiger partial charge on any atom is -0.387 e. The molecule has 35 heavy (non-hydrogen) atoms. The summed E-state index contributed by atoms with van der Waals surface area (Å²) in [6.07, 6.45) is 4.63. The highest BCUT2D eigenvalue weighted by Crippen LogP contribution is 2.38. The Kier molecular flexibility index (Phi) is 5.05. The summed E-state index contributed by atoms with van der Waals surface area (Å²) in [5, 5.41) is 29.5. The fourth-order valence-corrected chi connectivity index (χ4v) is 4.92. The number of carbonyl (C=O) groups is 1. The first-order valence-electron chi connectivity index (χ1n) is 11.3. The van der Waals surface area contributed by atoms with Crippen LogP contribution in [-0.4, -0.2) is 74.3 Å². The molecule has 13 heteroatoms. The summed E-state index contributed by atoms with van der Waals surface area (Å²) >= 11 is 0. The van der Waals surface area contributed by atoms with Crippen LogP contribution in [0.15, 0.2) is 37.2 Å². The van der Waals surface area contributed by atoms with Gasteiger partial charge in [0.1, 0.15) is 35.8 Å². The lowest BCUT2D eigenvalue weighted by Gasteiger charge is -2.26. The standard InChI is InChI=1S/C22H25N9O4/c1-29-5-3-13(28-29)12-9-31(20-15(12)19(23)25-10-26-20)22-17(33)16(32)18(35-22)21(34)27-11-2-6-30-7-4-24-14(30)8-11/h3-5,7,9-11,16-18,22,32-33H,2,6,8H2,1H3,(H,27,34)(H2,23,25,26)/t11?,16-,17+,18-,22+/m0/s1. The summed E-state index contributed by atoms with van der Waals surface area (Å²) in [4.78, 5) is 25.8. The molecule has 2 aliphatic heterocycles. The number of amides is 1. The van der Waals surface area contributed by atoms with Gasteiger partial charge in [0.05, 0.1) is 11.1 Å². The molecule has 1 amide bonds. The Hall–Kier alpha value is -3.81.